The zero-order valence-corrected chi connectivity index (χ0v) is 18.2. The first kappa shape index (κ1) is 20.4. The molecule has 4 aliphatic rings. The van der Waals surface area contributed by atoms with E-state index >= 15 is 0 Å². The minimum Gasteiger partial charge on any atom is -0.481 e. The highest BCUT2D eigenvalue weighted by Gasteiger charge is 2.47. The summed E-state index contributed by atoms with van der Waals surface area (Å²) in [5.41, 5.74) is 1.23. The first-order chi connectivity index (χ1) is 15.1. The Morgan fingerprint density at radius 1 is 0.968 bits per heavy atom. The van der Waals surface area contributed by atoms with Crippen molar-refractivity contribution >= 4 is 34.9 Å². The Kier molecular flexibility index (Phi) is 5.61. The van der Waals surface area contributed by atoms with Gasteiger partial charge in [-0.25, -0.2) is 9.97 Å². The number of halogens is 1. The second-order valence-corrected chi connectivity index (χ2v) is 9.24. The quantitative estimate of drug-likeness (QED) is 0.683. The number of carbonyl (C=O) groups is 1. The van der Waals surface area contributed by atoms with Crippen LogP contribution >= 0.6 is 11.6 Å². The van der Waals surface area contributed by atoms with E-state index in [1.54, 1.807) is 0 Å². The molecule has 0 radical (unpaired) electrons. The second-order valence-electron chi connectivity index (χ2n) is 8.90. The minimum atomic E-state index is -0.704. The van der Waals surface area contributed by atoms with E-state index in [2.05, 4.69) is 49.4 Å². The van der Waals surface area contributed by atoms with Crippen LogP contribution in [0, 0.1) is 17.8 Å². The summed E-state index contributed by atoms with van der Waals surface area (Å²) < 4.78 is 0. The minimum absolute atomic E-state index is 0.0984. The van der Waals surface area contributed by atoms with Gasteiger partial charge < -0.3 is 20.2 Å². The molecule has 7 nitrogen and oxygen atoms in total. The topological polar surface area (TPSA) is 81.6 Å². The Balaban J connectivity index is 1.30. The molecule has 1 aromatic carbocycles. The second kappa shape index (κ2) is 8.54. The van der Waals surface area contributed by atoms with E-state index in [0.717, 1.165) is 57.7 Å². The standard InChI is InChI=1S/C23H28ClN5O2/c24-23-26-18(25-21-16-8-6-15(7-9-16)20(21)22(30)31)14-19(27-23)29-12-10-28(11-13-29)17-4-2-1-3-5-17/h1-5,14-16,20-21H,6-13H2,(H,30,31)(H,25,26,27)/t15?,16?,20-,21-/m0/s1. The number of aliphatic carboxylic acids is 1. The lowest BCUT2D eigenvalue weighted by atomic mass is 9.61. The molecule has 2 atom stereocenters. The van der Waals surface area contributed by atoms with Crippen molar-refractivity contribution in [2.24, 2.45) is 17.8 Å². The zero-order chi connectivity index (χ0) is 21.4. The molecule has 2 bridgehead atoms. The third-order valence-corrected chi connectivity index (χ3v) is 7.40. The van der Waals surface area contributed by atoms with E-state index in [4.69, 9.17) is 11.6 Å². The summed E-state index contributed by atoms with van der Waals surface area (Å²) in [4.78, 5) is 25.4. The lowest BCUT2D eigenvalue weighted by Crippen LogP contribution is -2.51. The zero-order valence-electron chi connectivity index (χ0n) is 17.5. The summed E-state index contributed by atoms with van der Waals surface area (Å²) in [5, 5.41) is 13.5. The Bertz CT molecular complexity index is 927. The molecule has 4 fully saturated rings. The van der Waals surface area contributed by atoms with E-state index in [9.17, 15) is 9.90 Å². The lowest BCUT2D eigenvalue weighted by molar-refractivity contribution is -0.148. The largest absolute Gasteiger partial charge is 0.481 e. The van der Waals surface area contributed by atoms with Crippen LogP contribution in [0.3, 0.4) is 0 Å². The average molecular weight is 442 g/mol. The van der Waals surface area contributed by atoms with Gasteiger partial charge in [0.1, 0.15) is 11.6 Å². The number of para-hydroxylation sites is 1. The fourth-order valence-corrected chi connectivity index (χ4v) is 5.84. The number of hydrogen-bond acceptors (Lipinski definition) is 6. The molecule has 2 heterocycles. The molecule has 1 aliphatic heterocycles. The van der Waals surface area contributed by atoms with Crippen molar-refractivity contribution in [3.05, 3.63) is 41.7 Å². The number of hydrogen-bond donors (Lipinski definition) is 2. The number of nitrogens with zero attached hydrogens (tertiary/aromatic N) is 4. The molecule has 2 N–H and O–H groups in total. The molecule has 2 aromatic rings. The van der Waals surface area contributed by atoms with Gasteiger partial charge in [0.05, 0.1) is 5.92 Å². The van der Waals surface area contributed by atoms with Crippen LogP contribution in [0.5, 0.6) is 0 Å². The number of carboxylic acid groups (broad SMARTS) is 1. The smallest absolute Gasteiger partial charge is 0.308 e. The molecule has 0 unspecified atom stereocenters. The van der Waals surface area contributed by atoms with Gasteiger partial charge in [-0.2, -0.15) is 0 Å². The molecule has 1 saturated heterocycles. The fourth-order valence-electron chi connectivity index (χ4n) is 5.66. The SMILES string of the molecule is O=C(O)[C@H]1C2CCC(CC2)[C@@H]1Nc1cc(N2CCN(c3ccccc3)CC2)nc(Cl)n1. The van der Waals surface area contributed by atoms with Crippen LogP contribution in [0.4, 0.5) is 17.3 Å². The maximum absolute atomic E-state index is 12.0. The summed E-state index contributed by atoms with van der Waals surface area (Å²) in [6.45, 7) is 3.49. The van der Waals surface area contributed by atoms with Gasteiger partial charge in [0.15, 0.2) is 0 Å². The van der Waals surface area contributed by atoms with Gasteiger partial charge in [0.25, 0.3) is 0 Å². The highest BCUT2D eigenvalue weighted by atomic mass is 35.5. The third kappa shape index (κ3) is 4.15. The number of rotatable bonds is 5. The van der Waals surface area contributed by atoms with Gasteiger partial charge in [0, 0.05) is 44.0 Å². The van der Waals surface area contributed by atoms with Crippen molar-refractivity contribution in [2.75, 3.05) is 41.3 Å². The monoisotopic (exact) mass is 441 g/mol. The molecule has 0 spiro atoms. The van der Waals surface area contributed by atoms with E-state index in [1.165, 1.54) is 5.69 Å². The fraction of sp³-hybridized carbons (Fsp3) is 0.522. The van der Waals surface area contributed by atoms with Crippen molar-refractivity contribution < 1.29 is 9.90 Å². The predicted molar refractivity (Wildman–Crippen MR) is 122 cm³/mol. The van der Waals surface area contributed by atoms with Gasteiger partial charge in [-0.15, -0.1) is 0 Å². The van der Waals surface area contributed by atoms with Gasteiger partial charge in [-0.1, -0.05) is 18.2 Å². The van der Waals surface area contributed by atoms with E-state index in [-0.39, 0.29) is 23.2 Å². The lowest BCUT2D eigenvalue weighted by Gasteiger charge is -2.47. The summed E-state index contributed by atoms with van der Waals surface area (Å²) in [6, 6.07) is 12.2. The molecular weight excluding hydrogens is 414 g/mol. The highest BCUT2D eigenvalue weighted by molar-refractivity contribution is 6.28. The van der Waals surface area contributed by atoms with Crippen LogP contribution in [-0.4, -0.2) is 53.3 Å². The highest BCUT2D eigenvalue weighted by Crippen LogP contribution is 2.46. The van der Waals surface area contributed by atoms with Crippen LogP contribution in [-0.2, 0) is 4.79 Å². The maximum Gasteiger partial charge on any atom is 0.308 e. The molecule has 0 amide bonds. The summed E-state index contributed by atoms with van der Waals surface area (Å²) in [7, 11) is 0. The Morgan fingerprint density at radius 3 is 2.29 bits per heavy atom. The molecule has 31 heavy (non-hydrogen) atoms. The summed E-state index contributed by atoms with van der Waals surface area (Å²) in [6.07, 6.45) is 4.20. The van der Waals surface area contributed by atoms with Crippen molar-refractivity contribution in [2.45, 2.75) is 31.7 Å². The molecule has 3 aliphatic carbocycles. The number of nitrogens with one attached hydrogen (secondary N) is 1. The number of aromatic nitrogens is 2. The van der Waals surface area contributed by atoms with Gasteiger partial charge in [0.2, 0.25) is 5.28 Å². The van der Waals surface area contributed by atoms with Crippen LogP contribution in [0.2, 0.25) is 5.28 Å². The first-order valence-corrected chi connectivity index (χ1v) is 11.5. The Labute approximate surface area is 187 Å². The van der Waals surface area contributed by atoms with E-state index in [1.807, 2.05) is 12.1 Å². The molecule has 164 valence electrons. The number of anilines is 3. The first-order valence-electron chi connectivity index (χ1n) is 11.2. The Morgan fingerprint density at radius 2 is 1.61 bits per heavy atom. The molecular formula is C23H28ClN5O2. The van der Waals surface area contributed by atoms with Crippen LogP contribution in [0.25, 0.3) is 0 Å². The molecule has 8 heteroatoms. The number of benzene rings is 1. The Hall–Kier alpha value is -2.54. The molecule has 6 rings (SSSR count). The van der Waals surface area contributed by atoms with Crippen molar-refractivity contribution in [1.29, 1.82) is 0 Å². The summed E-state index contributed by atoms with van der Waals surface area (Å²) >= 11 is 6.27. The van der Waals surface area contributed by atoms with Crippen LogP contribution in [0.15, 0.2) is 36.4 Å². The normalized spacial score (nSPS) is 27.9. The number of carboxylic acids is 1. The van der Waals surface area contributed by atoms with Crippen molar-refractivity contribution in [3.8, 4) is 0 Å². The van der Waals surface area contributed by atoms with Crippen molar-refractivity contribution in [1.82, 2.24) is 9.97 Å². The number of piperazine rings is 1. The maximum atomic E-state index is 12.0. The van der Waals surface area contributed by atoms with Crippen LogP contribution in [0.1, 0.15) is 25.7 Å². The van der Waals surface area contributed by atoms with Crippen molar-refractivity contribution in [3.63, 3.8) is 0 Å². The molecule has 1 aromatic heterocycles. The average Bonchev–Trinajstić information content (AvgIpc) is 2.80. The predicted octanol–water partition coefficient (Wildman–Crippen LogP) is 3.76. The number of fused-ring (bicyclic) bond motifs is 3. The summed E-state index contributed by atoms with van der Waals surface area (Å²) in [5.74, 6) is 0.983. The van der Waals surface area contributed by atoms with E-state index < -0.39 is 5.97 Å². The van der Waals surface area contributed by atoms with E-state index in [0.29, 0.717) is 11.7 Å². The van der Waals surface area contributed by atoms with Crippen LogP contribution < -0.4 is 15.1 Å². The van der Waals surface area contributed by atoms with Gasteiger partial charge >= 0.3 is 5.97 Å². The van der Waals surface area contributed by atoms with Gasteiger partial charge in [-0.3, -0.25) is 4.79 Å². The van der Waals surface area contributed by atoms with Gasteiger partial charge in [-0.05, 0) is 61.3 Å². The third-order valence-electron chi connectivity index (χ3n) is 7.23. The molecule has 3 saturated carbocycles.